The molecule has 0 aliphatic carbocycles. The van der Waals surface area contributed by atoms with Gasteiger partial charge in [-0.25, -0.2) is 14.7 Å². The van der Waals surface area contributed by atoms with Crippen molar-refractivity contribution < 1.29 is 9.47 Å². The van der Waals surface area contributed by atoms with Crippen LogP contribution in [0, 0.1) is 6.92 Å². The summed E-state index contributed by atoms with van der Waals surface area (Å²) in [6, 6.07) is 15.4. The molecule has 5 rings (SSSR count). The molecule has 3 heterocycles. The van der Waals surface area contributed by atoms with Crippen LogP contribution in [0.2, 0.25) is 0 Å². The maximum atomic E-state index is 13.5. The quantitative estimate of drug-likeness (QED) is 0.280. The van der Waals surface area contributed by atoms with E-state index < -0.39 is 0 Å². The third-order valence-electron chi connectivity index (χ3n) is 6.57. The second kappa shape index (κ2) is 11.0. The molecule has 0 atom stereocenters. The van der Waals surface area contributed by atoms with E-state index >= 15 is 0 Å². The number of para-hydroxylation sites is 1. The Morgan fingerprint density at radius 1 is 1.05 bits per heavy atom. The average Bonchev–Trinajstić information content (AvgIpc) is 3.66. The maximum Gasteiger partial charge on any atom is 0.297 e. The Morgan fingerprint density at radius 2 is 1.87 bits per heavy atom. The van der Waals surface area contributed by atoms with Crippen LogP contribution >= 0.6 is 11.3 Å². The van der Waals surface area contributed by atoms with Gasteiger partial charge in [0.15, 0.2) is 10.5 Å². The minimum Gasteiger partial charge on any atom is -0.497 e. The smallest absolute Gasteiger partial charge is 0.297 e. The van der Waals surface area contributed by atoms with Crippen LogP contribution in [-0.4, -0.2) is 37.7 Å². The van der Waals surface area contributed by atoms with Crippen LogP contribution < -0.4 is 19.8 Å². The number of hydrogen-bond donors (Lipinski definition) is 0. The van der Waals surface area contributed by atoms with Gasteiger partial charge in [-0.1, -0.05) is 18.2 Å². The van der Waals surface area contributed by atoms with E-state index in [4.69, 9.17) is 14.5 Å². The molecule has 0 fully saturated rings. The zero-order valence-electron chi connectivity index (χ0n) is 21.9. The first-order chi connectivity index (χ1) is 18.5. The largest absolute Gasteiger partial charge is 0.497 e. The molecule has 0 bridgehead atoms. The van der Waals surface area contributed by atoms with Gasteiger partial charge in [0.1, 0.15) is 11.5 Å². The van der Waals surface area contributed by atoms with Gasteiger partial charge < -0.3 is 18.6 Å². The molecule has 5 aromatic rings. The Morgan fingerprint density at radius 3 is 2.58 bits per heavy atom. The number of imidazole rings is 1. The fourth-order valence-electron chi connectivity index (χ4n) is 4.47. The van der Waals surface area contributed by atoms with Crippen LogP contribution in [0.15, 0.2) is 82.4 Å². The molecule has 10 heteroatoms. The predicted octanol–water partition coefficient (Wildman–Crippen LogP) is 4.55. The number of hydrogen-bond acceptors (Lipinski definition) is 6. The summed E-state index contributed by atoms with van der Waals surface area (Å²) in [4.78, 5) is 23.4. The molecule has 0 radical (unpaired) electrons. The van der Waals surface area contributed by atoms with Gasteiger partial charge in [-0.3, -0.25) is 9.48 Å². The Balaban J connectivity index is 1.63. The van der Waals surface area contributed by atoms with Crippen molar-refractivity contribution in [2.24, 2.45) is 12.0 Å². The van der Waals surface area contributed by atoms with Gasteiger partial charge in [-0.2, -0.15) is 0 Å². The van der Waals surface area contributed by atoms with Crippen LogP contribution in [0.25, 0.3) is 16.9 Å². The highest BCUT2D eigenvalue weighted by atomic mass is 32.1. The summed E-state index contributed by atoms with van der Waals surface area (Å²) >= 11 is 1.50. The molecule has 0 amide bonds. The molecule has 9 nitrogen and oxygen atoms in total. The van der Waals surface area contributed by atoms with Crippen molar-refractivity contribution in [3.63, 3.8) is 0 Å². The number of methoxy groups -OCH3 is 2. The lowest BCUT2D eigenvalue weighted by Gasteiger charge is -2.13. The number of thiazole rings is 1. The molecule has 0 saturated carbocycles. The lowest BCUT2D eigenvalue weighted by Crippen LogP contribution is -2.20. The first-order valence-electron chi connectivity index (χ1n) is 12.3. The van der Waals surface area contributed by atoms with Crippen LogP contribution in [0.3, 0.4) is 0 Å². The van der Waals surface area contributed by atoms with Crippen molar-refractivity contribution in [1.82, 2.24) is 23.5 Å². The van der Waals surface area contributed by atoms with Crippen LogP contribution in [0.4, 0.5) is 5.69 Å². The van der Waals surface area contributed by atoms with Crippen molar-refractivity contribution in [2.45, 2.75) is 26.4 Å². The van der Waals surface area contributed by atoms with E-state index in [9.17, 15) is 4.79 Å². The fourth-order valence-corrected chi connectivity index (χ4v) is 5.40. The molecule has 0 N–H and O–H groups in total. The Kier molecular flexibility index (Phi) is 7.32. The van der Waals surface area contributed by atoms with E-state index in [0.717, 1.165) is 46.2 Å². The molecular formula is C28H30N6O3S. The molecule has 0 aliphatic heterocycles. The summed E-state index contributed by atoms with van der Waals surface area (Å²) in [7, 11) is 5.17. The zero-order valence-corrected chi connectivity index (χ0v) is 22.7. The number of aryl methyl sites for hydroxylation is 1. The highest BCUT2D eigenvalue weighted by Crippen LogP contribution is 2.34. The number of aromatic nitrogens is 5. The van der Waals surface area contributed by atoms with E-state index in [-0.39, 0.29) is 5.56 Å². The first kappa shape index (κ1) is 25.3. The normalized spacial score (nSPS) is 11.7. The van der Waals surface area contributed by atoms with Gasteiger partial charge in [0, 0.05) is 49.5 Å². The standard InChI is InChI=1S/C28H30N6O3S/c1-20-26(27(35)34(31(20)2)21-9-6-5-7-10-21)30-28-33(15-8-14-32-16-13-29-19-32)24(18-38-28)23-12-11-22(36-3)17-25(23)37-4/h5-7,9-13,16-19H,8,14-15H2,1-4H3. The highest BCUT2D eigenvalue weighted by molar-refractivity contribution is 7.07. The molecule has 0 saturated heterocycles. The summed E-state index contributed by atoms with van der Waals surface area (Å²) in [6.07, 6.45) is 6.41. The van der Waals surface area contributed by atoms with Gasteiger partial charge in [-0.15, -0.1) is 11.3 Å². The third-order valence-corrected chi connectivity index (χ3v) is 7.43. The van der Waals surface area contributed by atoms with E-state index in [1.165, 1.54) is 11.3 Å². The number of ether oxygens (including phenoxy) is 2. The number of benzene rings is 2. The lowest BCUT2D eigenvalue weighted by atomic mass is 10.1. The summed E-state index contributed by atoms with van der Waals surface area (Å²) < 4.78 is 18.8. The summed E-state index contributed by atoms with van der Waals surface area (Å²) in [5.41, 5.74) is 3.76. The van der Waals surface area contributed by atoms with E-state index in [2.05, 4.69) is 19.5 Å². The third kappa shape index (κ3) is 4.82. The summed E-state index contributed by atoms with van der Waals surface area (Å²) in [6.45, 7) is 3.43. The molecule has 0 aliphatic rings. The van der Waals surface area contributed by atoms with Crippen LogP contribution in [0.5, 0.6) is 11.5 Å². The second-order valence-corrected chi connectivity index (χ2v) is 9.63. The molecule has 3 aromatic heterocycles. The second-order valence-electron chi connectivity index (χ2n) is 8.80. The fraction of sp³-hybridized carbons (Fsp3) is 0.250. The molecular weight excluding hydrogens is 500 g/mol. The zero-order chi connectivity index (χ0) is 26.6. The first-order valence-corrected chi connectivity index (χ1v) is 13.1. The van der Waals surface area contributed by atoms with Crippen molar-refractivity contribution in [3.8, 4) is 28.4 Å². The average molecular weight is 531 g/mol. The minimum atomic E-state index is -0.154. The Hall–Kier alpha value is -4.31. The monoisotopic (exact) mass is 530 g/mol. The lowest BCUT2D eigenvalue weighted by molar-refractivity contribution is 0.395. The van der Waals surface area contributed by atoms with Crippen molar-refractivity contribution in [3.05, 3.63) is 93.5 Å². The molecule has 38 heavy (non-hydrogen) atoms. The summed E-state index contributed by atoms with van der Waals surface area (Å²) in [5.74, 6) is 1.43. The van der Waals surface area contributed by atoms with E-state index in [1.54, 1.807) is 25.1 Å². The van der Waals surface area contributed by atoms with Crippen molar-refractivity contribution >= 4 is 17.0 Å². The molecule has 0 unspecified atom stereocenters. The molecule has 2 aromatic carbocycles. The van der Waals surface area contributed by atoms with Crippen LogP contribution in [-0.2, 0) is 20.1 Å². The number of nitrogens with zero attached hydrogens (tertiary/aromatic N) is 6. The maximum absolute atomic E-state index is 13.5. The SMILES string of the molecule is COc1ccc(-c2csc(=Nc3c(C)n(C)n(-c4ccccc4)c3=O)n2CCCn2ccnc2)c(OC)c1. The predicted molar refractivity (Wildman–Crippen MR) is 149 cm³/mol. The van der Waals surface area contributed by atoms with Crippen molar-refractivity contribution in [2.75, 3.05) is 14.2 Å². The number of rotatable bonds is 9. The Bertz CT molecular complexity index is 1660. The van der Waals surface area contributed by atoms with E-state index in [1.807, 2.05) is 79.7 Å². The van der Waals surface area contributed by atoms with Gasteiger partial charge >= 0.3 is 0 Å². The Labute approximate surface area is 224 Å². The molecule has 0 spiro atoms. The minimum absolute atomic E-state index is 0.154. The van der Waals surface area contributed by atoms with Crippen molar-refractivity contribution in [1.29, 1.82) is 0 Å². The van der Waals surface area contributed by atoms with Crippen LogP contribution in [0.1, 0.15) is 12.1 Å². The van der Waals surface area contributed by atoms with Gasteiger partial charge in [-0.05, 0) is 37.6 Å². The van der Waals surface area contributed by atoms with Gasteiger partial charge in [0.05, 0.1) is 37.6 Å². The van der Waals surface area contributed by atoms with Gasteiger partial charge in [0.2, 0.25) is 0 Å². The summed E-state index contributed by atoms with van der Waals surface area (Å²) in [5, 5.41) is 2.06. The van der Waals surface area contributed by atoms with E-state index in [0.29, 0.717) is 18.0 Å². The highest BCUT2D eigenvalue weighted by Gasteiger charge is 2.18. The molecule has 196 valence electrons. The topological polar surface area (TPSA) is 80.5 Å². The van der Waals surface area contributed by atoms with Gasteiger partial charge in [0.25, 0.3) is 5.56 Å².